The molecule has 0 saturated carbocycles. The Kier molecular flexibility index (Phi) is 5.87. The van der Waals surface area contributed by atoms with Gasteiger partial charge in [-0.05, 0) is 55.5 Å². The highest BCUT2D eigenvalue weighted by Gasteiger charge is 2.16. The molecule has 2 heterocycles. The highest BCUT2D eigenvalue weighted by atomic mass is 32.1. The summed E-state index contributed by atoms with van der Waals surface area (Å²) in [4.78, 5) is 20.3. The van der Waals surface area contributed by atoms with Crippen molar-refractivity contribution in [1.82, 2.24) is 4.98 Å². The standard InChI is InChI=1S/C22H22FN3O2S/c1-15-24-22(16-2-4-17(23)5-3-16)20(29-15)14-21(27)25-18-6-8-19(9-7-18)26-10-12-28-13-11-26/h2-9H,10-14H2,1H3,(H,25,27). The fraction of sp³-hybridized carbons (Fsp3) is 0.273. The van der Waals surface area contributed by atoms with Crippen LogP contribution < -0.4 is 10.2 Å². The van der Waals surface area contributed by atoms with Gasteiger partial charge < -0.3 is 15.0 Å². The van der Waals surface area contributed by atoms with Crippen molar-refractivity contribution in [2.45, 2.75) is 13.3 Å². The van der Waals surface area contributed by atoms with Gasteiger partial charge in [-0.3, -0.25) is 4.79 Å². The van der Waals surface area contributed by atoms with Crippen molar-refractivity contribution in [3.8, 4) is 11.3 Å². The molecule has 0 atom stereocenters. The Labute approximate surface area is 173 Å². The van der Waals surface area contributed by atoms with E-state index in [1.54, 1.807) is 12.1 Å². The highest BCUT2D eigenvalue weighted by molar-refractivity contribution is 7.12. The predicted octanol–water partition coefficient (Wildman–Crippen LogP) is 4.28. The maximum Gasteiger partial charge on any atom is 0.229 e. The van der Waals surface area contributed by atoms with Gasteiger partial charge in [-0.25, -0.2) is 9.37 Å². The number of anilines is 2. The van der Waals surface area contributed by atoms with Gasteiger partial charge in [0.15, 0.2) is 0 Å². The minimum absolute atomic E-state index is 0.101. The molecule has 1 fully saturated rings. The number of aryl methyl sites for hydroxylation is 1. The zero-order valence-corrected chi connectivity index (χ0v) is 17.0. The average molecular weight is 412 g/mol. The Hall–Kier alpha value is -2.77. The molecule has 1 saturated heterocycles. The Morgan fingerprint density at radius 3 is 2.52 bits per heavy atom. The molecule has 1 aromatic heterocycles. The Morgan fingerprint density at radius 2 is 1.83 bits per heavy atom. The summed E-state index contributed by atoms with van der Waals surface area (Å²) in [5, 5.41) is 3.83. The van der Waals surface area contributed by atoms with Crippen molar-refractivity contribution in [2.75, 3.05) is 36.5 Å². The van der Waals surface area contributed by atoms with Crippen molar-refractivity contribution >= 4 is 28.6 Å². The van der Waals surface area contributed by atoms with Crippen LogP contribution >= 0.6 is 11.3 Å². The van der Waals surface area contributed by atoms with E-state index in [1.807, 2.05) is 31.2 Å². The van der Waals surface area contributed by atoms with Crippen LogP contribution in [0.15, 0.2) is 48.5 Å². The molecule has 3 aromatic rings. The molecule has 150 valence electrons. The van der Waals surface area contributed by atoms with Crippen LogP contribution in [0.2, 0.25) is 0 Å². The SMILES string of the molecule is Cc1nc(-c2ccc(F)cc2)c(CC(=O)Nc2ccc(N3CCOCC3)cc2)s1. The number of halogens is 1. The van der Waals surface area contributed by atoms with Gasteiger partial charge in [0.05, 0.1) is 30.3 Å². The van der Waals surface area contributed by atoms with Gasteiger partial charge in [0.25, 0.3) is 0 Å². The van der Waals surface area contributed by atoms with Gasteiger partial charge in [0, 0.05) is 34.9 Å². The monoisotopic (exact) mass is 411 g/mol. The highest BCUT2D eigenvalue weighted by Crippen LogP contribution is 2.29. The molecular formula is C22H22FN3O2S. The summed E-state index contributed by atoms with van der Waals surface area (Å²) in [5.74, 6) is -0.392. The van der Waals surface area contributed by atoms with Crippen LogP contribution in [-0.4, -0.2) is 37.2 Å². The largest absolute Gasteiger partial charge is 0.378 e. The van der Waals surface area contributed by atoms with Crippen molar-refractivity contribution in [3.05, 3.63) is 64.2 Å². The van der Waals surface area contributed by atoms with Crippen molar-refractivity contribution in [2.24, 2.45) is 0 Å². The fourth-order valence-electron chi connectivity index (χ4n) is 3.35. The van der Waals surface area contributed by atoms with E-state index < -0.39 is 0 Å². The number of thiazole rings is 1. The molecule has 1 aliphatic rings. The number of amides is 1. The zero-order chi connectivity index (χ0) is 20.2. The van der Waals surface area contributed by atoms with E-state index in [2.05, 4.69) is 15.2 Å². The molecule has 1 aliphatic heterocycles. The Balaban J connectivity index is 1.43. The number of hydrogen-bond acceptors (Lipinski definition) is 5. The van der Waals surface area contributed by atoms with Gasteiger partial charge in [-0.2, -0.15) is 0 Å². The summed E-state index contributed by atoms with van der Waals surface area (Å²) in [5.41, 5.74) is 3.44. The van der Waals surface area contributed by atoms with Gasteiger partial charge >= 0.3 is 0 Å². The molecule has 5 nitrogen and oxygen atoms in total. The third-order valence-electron chi connectivity index (χ3n) is 4.77. The smallest absolute Gasteiger partial charge is 0.229 e. The van der Waals surface area contributed by atoms with Gasteiger partial charge in [0.1, 0.15) is 5.82 Å². The summed E-state index contributed by atoms with van der Waals surface area (Å²) < 4.78 is 18.6. The molecule has 4 rings (SSSR count). The molecular weight excluding hydrogens is 389 g/mol. The lowest BCUT2D eigenvalue weighted by atomic mass is 10.1. The molecule has 0 spiro atoms. The molecule has 0 unspecified atom stereocenters. The van der Waals surface area contributed by atoms with Crippen LogP contribution in [0.4, 0.5) is 15.8 Å². The molecule has 7 heteroatoms. The topological polar surface area (TPSA) is 54.5 Å². The van der Waals surface area contributed by atoms with E-state index in [9.17, 15) is 9.18 Å². The zero-order valence-electron chi connectivity index (χ0n) is 16.2. The first-order valence-electron chi connectivity index (χ1n) is 9.53. The lowest BCUT2D eigenvalue weighted by molar-refractivity contribution is -0.115. The Bertz CT molecular complexity index is 980. The first-order chi connectivity index (χ1) is 14.1. The minimum atomic E-state index is -0.291. The van der Waals surface area contributed by atoms with Gasteiger partial charge in [-0.15, -0.1) is 11.3 Å². The molecule has 0 radical (unpaired) electrons. The number of nitrogens with one attached hydrogen (secondary N) is 1. The average Bonchev–Trinajstić information content (AvgIpc) is 3.09. The number of rotatable bonds is 5. The second-order valence-electron chi connectivity index (χ2n) is 6.88. The maximum atomic E-state index is 13.2. The number of carbonyl (C=O) groups is 1. The maximum absolute atomic E-state index is 13.2. The third kappa shape index (κ3) is 4.81. The summed E-state index contributed by atoms with van der Waals surface area (Å²) in [6.45, 7) is 5.14. The number of hydrogen-bond donors (Lipinski definition) is 1. The Morgan fingerprint density at radius 1 is 1.14 bits per heavy atom. The quantitative estimate of drug-likeness (QED) is 0.681. The minimum Gasteiger partial charge on any atom is -0.378 e. The predicted molar refractivity (Wildman–Crippen MR) is 114 cm³/mol. The molecule has 2 aromatic carbocycles. The summed E-state index contributed by atoms with van der Waals surface area (Å²) in [7, 11) is 0. The van der Waals surface area contributed by atoms with E-state index in [4.69, 9.17) is 4.74 Å². The van der Waals surface area contributed by atoms with Crippen LogP contribution in [0, 0.1) is 12.7 Å². The van der Waals surface area contributed by atoms with Crippen molar-refractivity contribution in [1.29, 1.82) is 0 Å². The lowest BCUT2D eigenvalue weighted by Gasteiger charge is -2.28. The molecule has 1 N–H and O–H groups in total. The molecule has 29 heavy (non-hydrogen) atoms. The van der Waals surface area contributed by atoms with E-state index in [0.717, 1.165) is 58.8 Å². The summed E-state index contributed by atoms with van der Waals surface area (Å²) in [6, 6.07) is 14.1. The van der Waals surface area contributed by atoms with E-state index in [0.29, 0.717) is 0 Å². The van der Waals surface area contributed by atoms with Gasteiger partial charge in [-0.1, -0.05) is 0 Å². The first kappa shape index (κ1) is 19.5. The second-order valence-corrected chi connectivity index (χ2v) is 8.17. The van der Waals surface area contributed by atoms with Crippen LogP contribution in [0.1, 0.15) is 9.88 Å². The van der Waals surface area contributed by atoms with Crippen LogP contribution in [0.5, 0.6) is 0 Å². The molecule has 1 amide bonds. The van der Waals surface area contributed by atoms with Crippen LogP contribution in [-0.2, 0) is 16.0 Å². The van der Waals surface area contributed by atoms with Crippen LogP contribution in [0.3, 0.4) is 0 Å². The van der Waals surface area contributed by atoms with E-state index in [1.165, 1.54) is 23.5 Å². The van der Waals surface area contributed by atoms with Crippen molar-refractivity contribution < 1.29 is 13.9 Å². The normalized spacial score (nSPS) is 14.1. The van der Waals surface area contributed by atoms with E-state index in [-0.39, 0.29) is 18.1 Å². The fourth-order valence-corrected chi connectivity index (χ4v) is 4.31. The number of aromatic nitrogens is 1. The number of carbonyl (C=O) groups excluding carboxylic acids is 1. The lowest BCUT2D eigenvalue weighted by Crippen LogP contribution is -2.36. The second kappa shape index (κ2) is 8.71. The number of benzene rings is 2. The summed E-state index contributed by atoms with van der Waals surface area (Å²) in [6.07, 6.45) is 0.226. The molecule has 0 aliphatic carbocycles. The number of morpholine rings is 1. The molecule has 0 bridgehead atoms. The summed E-state index contributed by atoms with van der Waals surface area (Å²) >= 11 is 1.49. The van der Waals surface area contributed by atoms with E-state index >= 15 is 0 Å². The third-order valence-corrected chi connectivity index (χ3v) is 5.74. The number of nitrogens with zero attached hydrogens (tertiary/aromatic N) is 2. The van der Waals surface area contributed by atoms with Crippen LogP contribution in [0.25, 0.3) is 11.3 Å². The first-order valence-corrected chi connectivity index (χ1v) is 10.3. The van der Waals surface area contributed by atoms with Gasteiger partial charge in [0.2, 0.25) is 5.91 Å². The van der Waals surface area contributed by atoms with Crippen molar-refractivity contribution in [3.63, 3.8) is 0 Å². The number of ether oxygens (including phenoxy) is 1.